The smallest absolute Gasteiger partial charge is 0.127 e. The van der Waals surface area contributed by atoms with Crippen LogP contribution in [0.1, 0.15) is 12.8 Å². The molecule has 1 atom stereocenters. The Morgan fingerprint density at radius 3 is 2.62 bits per heavy atom. The summed E-state index contributed by atoms with van der Waals surface area (Å²) in [5.41, 5.74) is 1.14. The summed E-state index contributed by atoms with van der Waals surface area (Å²) >= 11 is 0. The third kappa shape index (κ3) is 3.08. The van der Waals surface area contributed by atoms with E-state index in [1.807, 2.05) is 18.2 Å². The van der Waals surface area contributed by atoms with Crippen molar-refractivity contribution in [3.05, 3.63) is 30.3 Å². The van der Waals surface area contributed by atoms with Crippen molar-refractivity contribution < 1.29 is 4.74 Å². The summed E-state index contributed by atoms with van der Waals surface area (Å²) in [6.45, 7) is 0.893. The average Bonchev–Trinajstić information content (AvgIpc) is 2.59. The van der Waals surface area contributed by atoms with Gasteiger partial charge in [-0.2, -0.15) is 0 Å². The van der Waals surface area contributed by atoms with E-state index in [0.29, 0.717) is 0 Å². The summed E-state index contributed by atoms with van der Waals surface area (Å²) in [5.74, 6) is 0. The summed E-state index contributed by atoms with van der Waals surface area (Å²) < 4.78 is 5.45. The molecule has 1 aromatic carbocycles. The van der Waals surface area contributed by atoms with Crippen LogP contribution < -0.4 is 5.32 Å². The van der Waals surface area contributed by atoms with Crippen LogP contribution in [-0.4, -0.2) is 31.7 Å². The van der Waals surface area contributed by atoms with Crippen LogP contribution in [0.5, 0.6) is 0 Å². The average molecular weight is 171 g/mol. The van der Waals surface area contributed by atoms with Gasteiger partial charge in [0.05, 0.1) is 0 Å². The Balaban J connectivity index is 0.000000845. The molecule has 13 heavy (non-hydrogen) atoms. The number of nitrogens with one attached hydrogen (secondary N) is 1. The Labute approximate surface area is 90.8 Å². The summed E-state index contributed by atoms with van der Waals surface area (Å²) in [5, 5.41) is 3.32. The van der Waals surface area contributed by atoms with Gasteiger partial charge in [-0.15, -0.1) is 0 Å². The molecule has 66 valence electrons. The van der Waals surface area contributed by atoms with Crippen molar-refractivity contribution in [2.45, 2.75) is 19.1 Å². The van der Waals surface area contributed by atoms with Gasteiger partial charge < -0.3 is 10.1 Å². The fourth-order valence-corrected chi connectivity index (χ4v) is 1.41. The van der Waals surface area contributed by atoms with E-state index in [9.17, 15) is 0 Å². The van der Waals surface area contributed by atoms with Crippen LogP contribution in [0.15, 0.2) is 30.3 Å². The van der Waals surface area contributed by atoms with E-state index in [-0.39, 0.29) is 25.1 Å². The molecule has 0 aliphatic carbocycles. The van der Waals surface area contributed by atoms with Crippen LogP contribution in [0, 0.1) is 0 Å². The van der Waals surface area contributed by atoms with E-state index < -0.39 is 0 Å². The van der Waals surface area contributed by atoms with E-state index in [4.69, 9.17) is 4.74 Å². The number of benzene rings is 1. The van der Waals surface area contributed by atoms with E-state index in [2.05, 4.69) is 17.4 Å². The zero-order valence-electron chi connectivity index (χ0n) is 6.99. The number of para-hydroxylation sites is 1. The van der Waals surface area contributed by atoms with Gasteiger partial charge in [-0.1, -0.05) is 18.2 Å². The molecular weight excluding hydrogens is 157 g/mol. The molecule has 0 spiro atoms. The summed E-state index contributed by atoms with van der Waals surface area (Å²) in [7, 11) is 0. The first-order valence-electron chi connectivity index (χ1n) is 4.38. The normalized spacial score (nSPS) is 20.8. The monoisotopic (exact) mass is 171 g/mol. The van der Waals surface area contributed by atoms with Gasteiger partial charge in [0, 0.05) is 12.3 Å². The molecule has 3 heteroatoms. The Bertz CT molecular complexity index is 234. The number of hydrogen-bond donors (Lipinski definition) is 1. The fraction of sp³-hybridized carbons (Fsp3) is 0.400. The topological polar surface area (TPSA) is 21.3 Å². The minimum Gasteiger partial charge on any atom is -0.360 e. The number of ether oxygens (including phenoxy) is 1. The van der Waals surface area contributed by atoms with Crippen molar-refractivity contribution in [3.63, 3.8) is 0 Å². The predicted molar refractivity (Wildman–Crippen MR) is 56.2 cm³/mol. The second-order valence-corrected chi connectivity index (χ2v) is 3.01. The van der Waals surface area contributed by atoms with Crippen LogP contribution in [0.4, 0.5) is 5.69 Å². The standard InChI is InChI=1S/C10H13NO.Li.H/c1-2-5-9(6-3-1)11-10-7-4-8-12-10;;/h1-3,5-6,10-11H,4,7-8H2;;. The Morgan fingerprint density at radius 2 is 2.00 bits per heavy atom. The van der Waals surface area contributed by atoms with Gasteiger partial charge >= 0.3 is 18.9 Å². The molecule has 0 bridgehead atoms. The first-order chi connectivity index (χ1) is 5.95. The molecule has 2 rings (SSSR count). The van der Waals surface area contributed by atoms with Crippen molar-refractivity contribution in [2.24, 2.45) is 0 Å². The third-order valence-electron chi connectivity index (χ3n) is 2.03. The Morgan fingerprint density at radius 1 is 1.23 bits per heavy atom. The van der Waals surface area contributed by atoms with Gasteiger partial charge in [0.1, 0.15) is 6.23 Å². The molecule has 1 fully saturated rings. The van der Waals surface area contributed by atoms with Crippen LogP contribution in [-0.2, 0) is 4.74 Å². The summed E-state index contributed by atoms with van der Waals surface area (Å²) in [6.07, 6.45) is 2.52. The summed E-state index contributed by atoms with van der Waals surface area (Å²) in [4.78, 5) is 0. The molecule has 1 aliphatic rings. The largest absolute Gasteiger partial charge is 0.360 e. The van der Waals surface area contributed by atoms with Crippen LogP contribution in [0.3, 0.4) is 0 Å². The zero-order chi connectivity index (χ0) is 8.23. The first-order valence-corrected chi connectivity index (χ1v) is 4.38. The van der Waals surface area contributed by atoms with Crippen molar-refractivity contribution in [2.75, 3.05) is 11.9 Å². The molecule has 1 aliphatic heterocycles. The second kappa shape index (κ2) is 5.34. The van der Waals surface area contributed by atoms with Gasteiger partial charge in [-0.05, 0) is 25.0 Å². The van der Waals surface area contributed by atoms with Crippen molar-refractivity contribution in [3.8, 4) is 0 Å². The quantitative estimate of drug-likeness (QED) is 0.682. The molecule has 0 aromatic heterocycles. The number of hydrogen-bond acceptors (Lipinski definition) is 2. The number of rotatable bonds is 2. The molecule has 0 radical (unpaired) electrons. The van der Waals surface area contributed by atoms with E-state index in [1.165, 1.54) is 6.42 Å². The molecule has 1 heterocycles. The SMILES string of the molecule is [LiH].c1ccc(NC2CCCO2)cc1. The second-order valence-electron chi connectivity index (χ2n) is 3.01. The molecule has 0 amide bonds. The predicted octanol–water partition coefficient (Wildman–Crippen LogP) is 1.59. The van der Waals surface area contributed by atoms with Crippen molar-refractivity contribution in [1.82, 2.24) is 0 Å². The van der Waals surface area contributed by atoms with Crippen molar-refractivity contribution >= 4 is 24.5 Å². The molecule has 1 unspecified atom stereocenters. The minimum atomic E-state index is 0. The van der Waals surface area contributed by atoms with Crippen LogP contribution in [0.25, 0.3) is 0 Å². The molecular formula is C10H14LiNO. The van der Waals surface area contributed by atoms with E-state index in [1.54, 1.807) is 0 Å². The molecule has 1 saturated heterocycles. The van der Waals surface area contributed by atoms with Gasteiger partial charge in [0.15, 0.2) is 0 Å². The Hall–Kier alpha value is -0.423. The van der Waals surface area contributed by atoms with E-state index in [0.717, 1.165) is 18.7 Å². The van der Waals surface area contributed by atoms with Crippen LogP contribution in [0.2, 0.25) is 0 Å². The maximum absolute atomic E-state index is 5.45. The molecule has 1 aromatic rings. The first kappa shape index (κ1) is 10.7. The maximum atomic E-state index is 5.45. The van der Waals surface area contributed by atoms with Gasteiger partial charge in [0.2, 0.25) is 0 Å². The summed E-state index contributed by atoms with van der Waals surface area (Å²) in [6, 6.07) is 10.2. The van der Waals surface area contributed by atoms with E-state index >= 15 is 0 Å². The van der Waals surface area contributed by atoms with Crippen molar-refractivity contribution in [1.29, 1.82) is 0 Å². The fourth-order valence-electron chi connectivity index (χ4n) is 1.41. The van der Waals surface area contributed by atoms with Crippen LogP contribution >= 0.6 is 0 Å². The maximum Gasteiger partial charge on any atom is 0.127 e. The number of anilines is 1. The molecule has 0 saturated carbocycles. The third-order valence-corrected chi connectivity index (χ3v) is 2.03. The van der Waals surface area contributed by atoms with Gasteiger partial charge in [-0.25, -0.2) is 0 Å². The van der Waals surface area contributed by atoms with Gasteiger partial charge in [0.25, 0.3) is 0 Å². The Kier molecular flexibility index (Phi) is 4.38. The molecule has 1 N–H and O–H groups in total. The molecule has 2 nitrogen and oxygen atoms in total. The van der Waals surface area contributed by atoms with Gasteiger partial charge in [-0.3, -0.25) is 0 Å². The zero-order valence-corrected chi connectivity index (χ0v) is 6.99. The minimum absolute atomic E-state index is 0.